The Morgan fingerprint density at radius 1 is 1.19 bits per heavy atom. The van der Waals surface area contributed by atoms with Crippen molar-refractivity contribution in [2.45, 2.75) is 39.2 Å². The predicted molar refractivity (Wildman–Crippen MR) is 108 cm³/mol. The molecule has 0 saturated heterocycles. The summed E-state index contributed by atoms with van der Waals surface area (Å²) in [6.07, 6.45) is 6.62. The monoisotopic (exact) mass is 352 g/mol. The zero-order valence-corrected chi connectivity index (χ0v) is 15.6. The average molecular weight is 352 g/mol. The van der Waals surface area contributed by atoms with Crippen LogP contribution in [0.25, 0.3) is 10.9 Å². The van der Waals surface area contributed by atoms with Gasteiger partial charge in [-0.2, -0.15) is 0 Å². The number of furan rings is 1. The van der Waals surface area contributed by atoms with Crippen molar-refractivity contribution in [2.75, 3.05) is 13.1 Å². The van der Waals surface area contributed by atoms with Crippen molar-refractivity contribution in [3.05, 3.63) is 60.2 Å². The molecule has 2 aromatic heterocycles. The third-order valence-electron chi connectivity index (χ3n) is 4.57. The second kappa shape index (κ2) is 9.13. The van der Waals surface area contributed by atoms with Crippen LogP contribution in [-0.4, -0.2) is 30.1 Å². The summed E-state index contributed by atoms with van der Waals surface area (Å²) < 4.78 is 5.38. The van der Waals surface area contributed by atoms with E-state index in [0.29, 0.717) is 12.6 Å². The predicted octanol–water partition coefficient (Wildman–Crippen LogP) is 3.88. The van der Waals surface area contributed by atoms with E-state index in [9.17, 15) is 0 Å². The lowest BCUT2D eigenvalue weighted by Gasteiger charge is -2.17. The number of hydrogen-bond acceptors (Lipinski definition) is 2. The number of guanidine groups is 1. The molecule has 1 aromatic carbocycles. The number of aromatic amines is 1. The summed E-state index contributed by atoms with van der Waals surface area (Å²) >= 11 is 0. The van der Waals surface area contributed by atoms with Gasteiger partial charge in [-0.05, 0) is 43.5 Å². The molecule has 1 unspecified atom stereocenters. The van der Waals surface area contributed by atoms with Crippen LogP contribution in [0.2, 0.25) is 0 Å². The highest BCUT2D eigenvalue weighted by atomic mass is 16.3. The SMILES string of the molecule is CCC(C)NC(=NCCc1ccco1)NCCc1c[nH]c2ccccc12. The van der Waals surface area contributed by atoms with E-state index in [1.54, 1.807) is 6.26 Å². The molecule has 2 heterocycles. The second-order valence-electron chi connectivity index (χ2n) is 6.55. The molecule has 0 aliphatic heterocycles. The molecule has 0 aliphatic carbocycles. The third-order valence-corrected chi connectivity index (χ3v) is 4.57. The quantitative estimate of drug-likeness (QED) is 0.426. The summed E-state index contributed by atoms with van der Waals surface area (Å²) in [7, 11) is 0. The molecule has 5 nitrogen and oxygen atoms in total. The molecule has 138 valence electrons. The number of aliphatic imine (C=N–C) groups is 1. The highest BCUT2D eigenvalue weighted by molar-refractivity contribution is 5.83. The molecule has 0 radical (unpaired) electrons. The molecule has 3 N–H and O–H groups in total. The number of aromatic nitrogens is 1. The Morgan fingerprint density at radius 3 is 2.88 bits per heavy atom. The highest BCUT2D eigenvalue weighted by Crippen LogP contribution is 2.17. The van der Waals surface area contributed by atoms with Crippen molar-refractivity contribution in [3.8, 4) is 0 Å². The van der Waals surface area contributed by atoms with E-state index in [2.05, 4.69) is 59.9 Å². The summed E-state index contributed by atoms with van der Waals surface area (Å²) in [5, 5.41) is 8.22. The standard InChI is InChI=1S/C21H28N4O/c1-3-16(2)25-21(23-13-11-18-7-6-14-26-18)22-12-10-17-15-24-20-9-5-4-8-19(17)20/h4-9,14-16,24H,3,10-13H2,1-2H3,(H2,22,23,25). The Balaban J connectivity index is 1.56. The number of H-pyrrole nitrogens is 1. The molecule has 0 saturated carbocycles. The zero-order valence-electron chi connectivity index (χ0n) is 15.6. The number of benzene rings is 1. The van der Waals surface area contributed by atoms with Gasteiger partial charge < -0.3 is 20.0 Å². The number of fused-ring (bicyclic) bond motifs is 1. The third kappa shape index (κ3) is 4.91. The normalized spacial score (nSPS) is 13.1. The Morgan fingerprint density at radius 2 is 2.08 bits per heavy atom. The Labute approximate surface area is 154 Å². The van der Waals surface area contributed by atoms with Gasteiger partial charge in [-0.1, -0.05) is 25.1 Å². The zero-order chi connectivity index (χ0) is 18.2. The van der Waals surface area contributed by atoms with Crippen LogP contribution < -0.4 is 10.6 Å². The van der Waals surface area contributed by atoms with Crippen molar-refractivity contribution in [2.24, 2.45) is 4.99 Å². The van der Waals surface area contributed by atoms with Gasteiger partial charge in [0.05, 0.1) is 6.26 Å². The van der Waals surface area contributed by atoms with Gasteiger partial charge in [0, 0.05) is 42.7 Å². The van der Waals surface area contributed by atoms with Crippen molar-refractivity contribution >= 4 is 16.9 Å². The van der Waals surface area contributed by atoms with Gasteiger partial charge in [0.1, 0.15) is 5.76 Å². The first-order chi connectivity index (χ1) is 12.8. The van der Waals surface area contributed by atoms with Gasteiger partial charge in [0.15, 0.2) is 5.96 Å². The minimum absolute atomic E-state index is 0.387. The van der Waals surface area contributed by atoms with Crippen LogP contribution in [0.4, 0.5) is 0 Å². The fourth-order valence-corrected chi connectivity index (χ4v) is 2.87. The van der Waals surface area contributed by atoms with Crippen LogP contribution in [0, 0.1) is 0 Å². The molecule has 0 fully saturated rings. The first-order valence-electron chi connectivity index (χ1n) is 9.38. The maximum atomic E-state index is 5.38. The molecular weight excluding hydrogens is 324 g/mol. The van der Waals surface area contributed by atoms with Crippen LogP contribution in [0.5, 0.6) is 0 Å². The average Bonchev–Trinajstić information content (AvgIpc) is 3.31. The van der Waals surface area contributed by atoms with Crippen LogP contribution in [-0.2, 0) is 12.8 Å². The van der Waals surface area contributed by atoms with Gasteiger partial charge in [0.25, 0.3) is 0 Å². The lowest BCUT2D eigenvalue weighted by atomic mass is 10.1. The molecule has 0 amide bonds. The van der Waals surface area contributed by atoms with E-state index in [-0.39, 0.29) is 0 Å². The first kappa shape index (κ1) is 18.1. The summed E-state index contributed by atoms with van der Waals surface area (Å²) in [6.45, 7) is 5.88. The molecule has 3 aromatic rings. The van der Waals surface area contributed by atoms with Crippen LogP contribution >= 0.6 is 0 Å². The highest BCUT2D eigenvalue weighted by Gasteiger charge is 2.06. The maximum absolute atomic E-state index is 5.38. The van der Waals surface area contributed by atoms with Gasteiger partial charge >= 0.3 is 0 Å². The lowest BCUT2D eigenvalue weighted by Crippen LogP contribution is -2.43. The van der Waals surface area contributed by atoms with Crippen LogP contribution in [0.3, 0.4) is 0 Å². The van der Waals surface area contributed by atoms with E-state index in [1.165, 1.54) is 16.5 Å². The van der Waals surface area contributed by atoms with E-state index in [4.69, 9.17) is 9.41 Å². The van der Waals surface area contributed by atoms with Crippen molar-refractivity contribution in [1.82, 2.24) is 15.6 Å². The molecular formula is C21H28N4O. The smallest absolute Gasteiger partial charge is 0.191 e. The lowest BCUT2D eigenvalue weighted by molar-refractivity contribution is 0.510. The fraction of sp³-hybridized carbons (Fsp3) is 0.381. The van der Waals surface area contributed by atoms with Crippen molar-refractivity contribution in [1.29, 1.82) is 0 Å². The van der Waals surface area contributed by atoms with E-state index < -0.39 is 0 Å². The summed E-state index contributed by atoms with van der Waals surface area (Å²) in [4.78, 5) is 8.03. The number of hydrogen-bond donors (Lipinski definition) is 3. The Hall–Kier alpha value is -2.69. The van der Waals surface area contributed by atoms with Crippen molar-refractivity contribution < 1.29 is 4.42 Å². The van der Waals surface area contributed by atoms with E-state index in [1.807, 2.05) is 12.1 Å². The van der Waals surface area contributed by atoms with Gasteiger partial charge in [-0.15, -0.1) is 0 Å². The first-order valence-corrected chi connectivity index (χ1v) is 9.38. The van der Waals surface area contributed by atoms with Crippen LogP contribution in [0.15, 0.2) is 58.3 Å². The summed E-state index contributed by atoms with van der Waals surface area (Å²) in [6, 6.07) is 12.7. The molecule has 0 aliphatic rings. The minimum atomic E-state index is 0.387. The minimum Gasteiger partial charge on any atom is -0.469 e. The van der Waals surface area contributed by atoms with E-state index >= 15 is 0 Å². The Kier molecular flexibility index (Phi) is 6.36. The van der Waals surface area contributed by atoms with Gasteiger partial charge in [-0.25, -0.2) is 0 Å². The van der Waals surface area contributed by atoms with E-state index in [0.717, 1.165) is 37.5 Å². The number of rotatable bonds is 8. The molecule has 5 heteroatoms. The second-order valence-corrected chi connectivity index (χ2v) is 6.55. The number of para-hydroxylation sites is 1. The molecule has 0 bridgehead atoms. The molecule has 1 atom stereocenters. The van der Waals surface area contributed by atoms with Crippen LogP contribution in [0.1, 0.15) is 31.6 Å². The fourth-order valence-electron chi connectivity index (χ4n) is 2.87. The molecule has 3 rings (SSSR count). The number of nitrogens with zero attached hydrogens (tertiary/aromatic N) is 1. The summed E-state index contributed by atoms with van der Waals surface area (Å²) in [5.41, 5.74) is 2.51. The summed E-state index contributed by atoms with van der Waals surface area (Å²) in [5.74, 6) is 1.83. The van der Waals surface area contributed by atoms with Gasteiger partial charge in [0.2, 0.25) is 0 Å². The maximum Gasteiger partial charge on any atom is 0.191 e. The molecule has 0 spiro atoms. The van der Waals surface area contributed by atoms with Crippen molar-refractivity contribution in [3.63, 3.8) is 0 Å². The molecule has 26 heavy (non-hydrogen) atoms. The largest absolute Gasteiger partial charge is 0.469 e. The Bertz CT molecular complexity index is 820. The topological polar surface area (TPSA) is 65.3 Å². The number of nitrogens with one attached hydrogen (secondary N) is 3. The van der Waals surface area contributed by atoms with Gasteiger partial charge in [-0.3, -0.25) is 4.99 Å².